The van der Waals surface area contributed by atoms with Gasteiger partial charge in [-0.25, -0.2) is 0 Å². The molecular weight excluding hydrogens is 364 g/mol. The lowest BCUT2D eigenvalue weighted by molar-refractivity contribution is -0.00195. The zero-order valence-electron chi connectivity index (χ0n) is 16.4. The maximum atomic E-state index is 5.97. The van der Waals surface area contributed by atoms with Crippen LogP contribution < -0.4 is 0 Å². The number of hydrogen-bond acceptors (Lipinski definition) is 9. The van der Waals surface area contributed by atoms with Crippen LogP contribution in [-0.4, -0.2) is 90.6 Å². The average molecular weight is 397 g/mol. The molecule has 0 rings (SSSR count). The van der Waals surface area contributed by atoms with E-state index in [9.17, 15) is 0 Å². The smallest absolute Gasteiger partial charge is 0.492 e. The third-order valence-electron chi connectivity index (χ3n) is 2.92. The molecule has 0 aliphatic carbocycles. The third-order valence-corrected chi connectivity index (χ3v) is 5.64. The highest BCUT2D eigenvalue weighted by atomic mass is 28.4. The fraction of sp³-hybridized carbons (Fsp3) is 0.750. The summed E-state index contributed by atoms with van der Waals surface area (Å²) in [5.74, 6) is 0.103. The Labute approximate surface area is 157 Å². The highest BCUT2D eigenvalue weighted by molar-refractivity contribution is 6.68. The van der Waals surface area contributed by atoms with Crippen molar-refractivity contribution in [1.29, 1.82) is 0 Å². The second kappa shape index (κ2) is 16.1. The number of methoxy groups -OCH3 is 5. The van der Waals surface area contributed by atoms with E-state index in [0.717, 1.165) is 0 Å². The molecule has 0 atom stereocenters. The molecule has 0 aliphatic rings. The van der Waals surface area contributed by atoms with Crippen molar-refractivity contribution >= 4 is 8.80 Å². The van der Waals surface area contributed by atoms with E-state index < -0.39 is 8.80 Å². The van der Waals surface area contributed by atoms with Crippen molar-refractivity contribution < 1.29 is 41.7 Å². The Kier molecular flexibility index (Phi) is 15.4. The van der Waals surface area contributed by atoms with Gasteiger partial charge in [0.2, 0.25) is 5.38 Å². The maximum absolute atomic E-state index is 5.97. The molecule has 0 N–H and O–H groups in total. The summed E-state index contributed by atoms with van der Waals surface area (Å²) in [5, 5.41) is 0.213. The first-order chi connectivity index (χ1) is 12.7. The molecule has 10 heteroatoms. The summed E-state index contributed by atoms with van der Waals surface area (Å²) in [5.41, 5.74) is 0. The molecule has 0 aliphatic heterocycles. The average Bonchev–Trinajstić information content (AvgIpc) is 2.65. The van der Waals surface area contributed by atoms with Crippen molar-refractivity contribution in [3.05, 3.63) is 24.0 Å². The van der Waals surface area contributed by atoms with Gasteiger partial charge < -0.3 is 41.7 Å². The molecule has 0 aromatic carbocycles. The normalized spacial score (nSPS) is 12.5. The van der Waals surface area contributed by atoms with Crippen molar-refractivity contribution in [2.45, 2.75) is 0 Å². The van der Waals surface area contributed by atoms with Gasteiger partial charge in [0.15, 0.2) is 0 Å². The topological polar surface area (TPSA) is 83.1 Å². The van der Waals surface area contributed by atoms with Crippen molar-refractivity contribution in [2.75, 3.05) is 81.8 Å². The third kappa shape index (κ3) is 8.99. The second-order valence-corrected chi connectivity index (χ2v) is 7.14. The summed E-state index contributed by atoms with van der Waals surface area (Å²) < 4.78 is 49.4. The summed E-state index contributed by atoms with van der Waals surface area (Å²) in [4.78, 5) is 0. The van der Waals surface area contributed by atoms with Crippen LogP contribution in [0.4, 0.5) is 0 Å². The standard InChI is InChI=1S/C16H32O9Si/c1-7-8-22-15(20-5)16(21-6)26(23-12-9-17-2,24-13-10-18-3)25-14-11-19-4/h7H,1,8-14H2,2-6H3. The fourth-order valence-corrected chi connectivity index (χ4v) is 4.16. The minimum Gasteiger partial charge on any atom is -0.492 e. The number of ether oxygens (including phenoxy) is 6. The Morgan fingerprint density at radius 2 is 1.19 bits per heavy atom. The Hall–Kier alpha value is -1.14. The molecule has 0 saturated carbocycles. The molecule has 0 saturated heterocycles. The monoisotopic (exact) mass is 396 g/mol. The van der Waals surface area contributed by atoms with E-state index >= 15 is 0 Å². The van der Waals surface area contributed by atoms with Gasteiger partial charge in [0, 0.05) is 21.3 Å². The molecule has 26 heavy (non-hydrogen) atoms. The van der Waals surface area contributed by atoms with Gasteiger partial charge in [-0.1, -0.05) is 12.7 Å². The predicted molar refractivity (Wildman–Crippen MR) is 96.4 cm³/mol. The molecule has 0 fully saturated rings. The van der Waals surface area contributed by atoms with Gasteiger partial charge in [-0.3, -0.25) is 0 Å². The molecule has 0 radical (unpaired) electrons. The molecule has 0 bridgehead atoms. The molecule has 0 unspecified atom stereocenters. The lowest BCUT2D eigenvalue weighted by Crippen LogP contribution is -2.51. The Morgan fingerprint density at radius 1 is 0.731 bits per heavy atom. The lowest BCUT2D eigenvalue weighted by Gasteiger charge is -2.30. The predicted octanol–water partition coefficient (Wildman–Crippen LogP) is 1.12. The summed E-state index contributed by atoms with van der Waals surface area (Å²) in [6, 6.07) is 0. The largest absolute Gasteiger partial charge is 0.581 e. The SMILES string of the molecule is C=CCOC(OC)=C(OC)[Si](OCCOC)(OCCOC)OCCOC. The molecule has 0 spiro atoms. The molecule has 9 nitrogen and oxygen atoms in total. The fourth-order valence-electron chi connectivity index (χ4n) is 1.78. The van der Waals surface area contributed by atoms with Gasteiger partial charge >= 0.3 is 14.7 Å². The molecular formula is C16H32O9Si. The van der Waals surface area contributed by atoms with Crippen molar-refractivity contribution in [1.82, 2.24) is 0 Å². The van der Waals surface area contributed by atoms with E-state index in [-0.39, 0.29) is 37.8 Å². The minimum atomic E-state index is -3.54. The Morgan fingerprint density at radius 3 is 1.50 bits per heavy atom. The van der Waals surface area contributed by atoms with Crippen LogP contribution in [-0.2, 0) is 41.7 Å². The van der Waals surface area contributed by atoms with E-state index in [2.05, 4.69) is 6.58 Å². The molecule has 0 heterocycles. The van der Waals surface area contributed by atoms with Crippen LogP contribution in [0.25, 0.3) is 0 Å². The van der Waals surface area contributed by atoms with Gasteiger partial charge in [-0.15, -0.1) is 0 Å². The van der Waals surface area contributed by atoms with Gasteiger partial charge in [-0.2, -0.15) is 0 Å². The van der Waals surface area contributed by atoms with Crippen LogP contribution in [0.5, 0.6) is 0 Å². The number of hydrogen-bond donors (Lipinski definition) is 0. The van der Waals surface area contributed by atoms with Gasteiger partial charge in [0.1, 0.15) is 6.61 Å². The Balaban J connectivity index is 5.75. The van der Waals surface area contributed by atoms with Gasteiger partial charge in [0.25, 0.3) is 0 Å². The summed E-state index contributed by atoms with van der Waals surface area (Å²) >= 11 is 0. The van der Waals surface area contributed by atoms with Crippen LogP contribution in [0.15, 0.2) is 24.0 Å². The zero-order valence-corrected chi connectivity index (χ0v) is 17.4. The summed E-state index contributed by atoms with van der Waals surface area (Å²) in [6.07, 6.45) is 1.58. The van der Waals surface area contributed by atoms with E-state index in [4.69, 9.17) is 41.7 Å². The highest BCUT2D eigenvalue weighted by Crippen LogP contribution is 2.25. The maximum Gasteiger partial charge on any atom is 0.581 e. The summed E-state index contributed by atoms with van der Waals surface area (Å²) in [6.45, 7) is 5.58. The molecule has 0 aromatic heterocycles. The second-order valence-electron chi connectivity index (χ2n) is 4.70. The van der Waals surface area contributed by atoms with Gasteiger partial charge in [0.05, 0.1) is 53.9 Å². The summed E-state index contributed by atoms with van der Waals surface area (Å²) in [7, 11) is 4.10. The number of rotatable bonds is 18. The first-order valence-corrected chi connectivity index (χ1v) is 9.83. The van der Waals surface area contributed by atoms with E-state index in [0.29, 0.717) is 19.8 Å². The van der Waals surface area contributed by atoms with Gasteiger partial charge in [-0.05, 0) is 0 Å². The zero-order chi connectivity index (χ0) is 19.7. The Bertz CT molecular complexity index is 363. The quantitative estimate of drug-likeness (QED) is 0.146. The van der Waals surface area contributed by atoms with E-state index in [1.807, 2.05) is 0 Å². The molecule has 0 aromatic rings. The van der Waals surface area contributed by atoms with Crippen molar-refractivity contribution in [2.24, 2.45) is 0 Å². The molecule has 154 valence electrons. The first-order valence-electron chi connectivity index (χ1n) is 8.10. The van der Waals surface area contributed by atoms with Crippen LogP contribution in [0.1, 0.15) is 0 Å². The van der Waals surface area contributed by atoms with E-state index in [1.165, 1.54) is 14.2 Å². The van der Waals surface area contributed by atoms with Crippen LogP contribution in [0, 0.1) is 0 Å². The minimum absolute atomic E-state index is 0.103. The highest BCUT2D eigenvalue weighted by Gasteiger charge is 2.52. The van der Waals surface area contributed by atoms with Crippen molar-refractivity contribution in [3.8, 4) is 0 Å². The van der Waals surface area contributed by atoms with Crippen LogP contribution in [0.3, 0.4) is 0 Å². The van der Waals surface area contributed by atoms with Crippen molar-refractivity contribution in [3.63, 3.8) is 0 Å². The lowest BCUT2D eigenvalue weighted by atomic mass is 10.7. The first kappa shape index (κ1) is 24.9. The van der Waals surface area contributed by atoms with E-state index in [1.54, 1.807) is 27.4 Å². The van der Waals surface area contributed by atoms with Crippen LogP contribution >= 0.6 is 0 Å². The molecule has 0 amide bonds. The van der Waals surface area contributed by atoms with Crippen LogP contribution in [0.2, 0.25) is 0 Å².